The van der Waals surface area contributed by atoms with Gasteiger partial charge < -0.3 is 15.0 Å². The first kappa shape index (κ1) is 12.6. The molecule has 0 aliphatic heterocycles. The molecule has 0 aliphatic rings. The Hall–Kier alpha value is -1.82. The van der Waals surface area contributed by atoms with Gasteiger partial charge in [0.1, 0.15) is 10.8 Å². The summed E-state index contributed by atoms with van der Waals surface area (Å²) in [5, 5.41) is 3.44. The Kier molecular flexibility index (Phi) is 3.99. The number of aromatic amines is 1. The van der Waals surface area contributed by atoms with Crippen LogP contribution in [0.25, 0.3) is 0 Å². The predicted molar refractivity (Wildman–Crippen MR) is 68.9 cm³/mol. The molecule has 2 rings (SSSR count). The molecule has 0 spiro atoms. The number of imidazole rings is 1. The van der Waals surface area contributed by atoms with Crippen LogP contribution >= 0.6 is 11.6 Å². The summed E-state index contributed by atoms with van der Waals surface area (Å²) in [6.07, 6.45) is 3.28. The maximum Gasteiger partial charge on any atom is 0.237 e. The highest BCUT2D eigenvalue weighted by Crippen LogP contribution is 2.21. The topological polar surface area (TPSA) is 75.7 Å². The third-order valence-corrected chi connectivity index (χ3v) is 2.42. The van der Waals surface area contributed by atoms with Crippen molar-refractivity contribution >= 4 is 17.5 Å². The number of hydrogen-bond donors (Lipinski definition) is 2. The zero-order valence-electron chi connectivity index (χ0n) is 10.2. The van der Waals surface area contributed by atoms with E-state index in [1.54, 1.807) is 6.20 Å². The summed E-state index contributed by atoms with van der Waals surface area (Å²) in [5.74, 6) is 1.66. The fraction of sp³-hybridized carbons (Fsp3) is 0.364. The molecule has 0 aromatic carbocycles. The van der Waals surface area contributed by atoms with E-state index in [0.29, 0.717) is 30.0 Å². The molecular weight excluding hydrogens is 254 g/mol. The molecule has 0 radical (unpaired) electrons. The Labute approximate surface area is 110 Å². The third kappa shape index (κ3) is 3.10. The molecule has 0 amide bonds. The van der Waals surface area contributed by atoms with Crippen molar-refractivity contribution in [3.05, 3.63) is 28.9 Å². The number of H-pyrrole nitrogens is 1. The summed E-state index contributed by atoms with van der Waals surface area (Å²) in [4.78, 5) is 15.5. The lowest BCUT2D eigenvalue weighted by atomic mass is 10.5. The molecule has 0 aliphatic carbocycles. The number of anilines is 1. The normalized spacial score (nSPS) is 10.4. The van der Waals surface area contributed by atoms with E-state index in [-0.39, 0.29) is 0 Å². The van der Waals surface area contributed by atoms with Crippen LogP contribution < -0.4 is 10.1 Å². The Morgan fingerprint density at radius 2 is 2.22 bits per heavy atom. The molecule has 0 unspecified atom stereocenters. The number of hydrogen-bond acceptors (Lipinski definition) is 5. The summed E-state index contributed by atoms with van der Waals surface area (Å²) in [7, 11) is 0. The molecule has 2 heterocycles. The maximum atomic E-state index is 5.90. The van der Waals surface area contributed by atoms with Crippen molar-refractivity contribution in [2.75, 3.05) is 11.9 Å². The molecule has 6 nitrogen and oxygen atoms in total. The lowest BCUT2D eigenvalue weighted by Gasteiger charge is -2.07. The van der Waals surface area contributed by atoms with Crippen LogP contribution in [0, 0.1) is 6.92 Å². The number of halogens is 1. The summed E-state index contributed by atoms with van der Waals surface area (Å²) in [6, 6.07) is 0. The summed E-state index contributed by atoms with van der Waals surface area (Å²) < 4.78 is 5.29. The second kappa shape index (κ2) is 5.68. The number of aryl methyl sites for hydroxylation is 1. The lowest BCUT2D eigenvalue weighted by Crippen LogP contribution is -2.06. The standard InChI is InChI=1S/C11H14ClN5O/c1-3-18-10-8(12)5-14-11(17-10)15-6-9-13-4-7(2)16-9/h4-5H,3,6H2,1-2H3,(H,13,16)(H,14,15,17). The van der Waals surface area contributed by atoms with Gasteiger partial charge in [-0.1, -0.05) is 11.6 Å². The summed E-state index contributed by atoms with van der Waals surface area (Å²) in [6.45, 7) is 4.84. The summed E-state index contributed by atoms with van der Waals surface area (Å²) >= 11 is 5.90. The Balaban J connectivity index is 2.03. The highest BCUT2D eigenvalue weighted by molar-refractivity contribution is 6.31. The lowest BCUT2D eigenvalue weighted by molar-refractivity contribution is 0.327. The summed E-state index contributed by atoms with van der Waals surface area (Å²) in [5.41, 5.74) is 1.01. The minimum Gasteiger partial charge on any atom is -0.477 e. The fourth-order valence-corrected chi connectivity index (χ4v) is 1.54. The molecule has 2 N–H and O–H groups in total. The predicted octanol–water partition coefficient (Wildman–Crippen LogP) is 2.17. The zero-order valence-corrected chi connectivity index (χ0v) is 11.0. The molecule has 2 aromatic heterocycles. The van der Waals surface area contributed by atoms with Crippen molar-refractivity contribution in [1.29, 1.82) is 0 Å². The van der Waals surface area contributed by atoms with Crippen LogP contribution in [0.3, 0.4) is 0 Å². The van der Waals surface area contributed by atoms with E-state index in [1.165, 1.54) is 6.20 Å². The number of ether oxygens (including phenoxy) is 1. The second-order valence-corrected chi connectivity index (χ2v) is 4.05. The van der Waals surface area contributed by atoms with Crippen LogP contribution in [-0.4, -0.2) is 26.5 Å². The van der Waals surface area contributed by atoms with Gasteiger partial charge in [-0.2, -0.15) is 4.98 Å². The van der Waals surface area contributed by atoms with Crippen LogP contribution in [0.1, 0.15) is 18.4 Å². The smallest absolute Gasteiger partial charge is 0.237 e. The first-order chi connectivity index (χ1) is 8.69. The second-order valence-electron chi connectivity index (χ2n) is 3.65. The highest BCUT2D eigenvalue weighted by Gasteiger charge is 2.06. The van der Waals surface area contributed by atoms with Gasteiger partial charge >= 0.3 is 0 Å². The number of nitrogens with one attached hydrogen (secondary N) is 2. The first-order valence-electron chi connectivity index (χ1n) is 5.58. The highest BCUT2D eigenvalue weighted by atomic mass is 35.5. The van der Waals surface area contributed by atoms with Crippen molar-refractivity contribution in [2.24, 2.45) is 0 Å². The van der Waals surface area contributed by atoms with E-state index in [9.17, 15) is 0 Å². The first-order valence-corrected chi connectivity index (χ1v) is 5.96. The van der Waals surface area contributed by atoms with Gasteiger partial charge in [-0.05, 0) is 13.8 Å². The van der Waals surface area contributed by atoms with Crippen molar-refractivity contribution in [3.63, 3.8) is 0 Å². The van der Waals surface area contributed by atoms with Crippen molar-refractivity contribution in [3.8, 4) is 5.88 Å². The SMILES string of the molecule is CCOc1nc(NCc2ncc(C)[nH]2)ncc1Cl. The van der Waals surface area contributed by atoms with E-state index < -0.39 is 0 Å². The van der Waals surface area contributed by atoms with Gasteiger partial charge in [0.25, 0.3) is 0 Å². The molecule has 2 aromatic rings. The van der Waals surface area contributed by atoms with Gasteiger partial charge in [-0.3, -0.25) is 0 Å². The zero-order chi connectivity index (χ0) is 13.0. The molecular formula is C11H14ClN5O. The molecule has 0 saturated heterocycles. The van der Waals surface area contributed by atoms with Crippen molar-refractivity contribution in [2.45, 2.75) is 20.4 Å². The van der Waals surface area contributed by atoms with E-state index in [2.05, 4.69) is 25.3 Å². The minimum absolute atomic E-state index is 0.382. The van der Waals surface area contributed by atoms with Crippen molar-refractivity contribution < 1.29 is 4.74 Å². The largest absolute Gasteiger partial charge is 0.477 e. The maximum absolute atomic E-state index is 5.90. The molecule has 0 atom stereocenters. The quantitative estimate of drug-likeness (QED) is 0.868. The van der Waals surface area contributed by atoms with Crippen LogP contribution in [0.2, 0.25) is 5.02 Å². The van der Waals surface area contributed by atoms with Gasteiger partial charge in [0.05, 0.1) is 19.3 Å². The average molecular weight is 268 g/mol. The van der Waals surface area contributed by atoms with Gasteiger partial charge in [0.15, 0.2) is 0 Å². The van der Waals surface area contributed by atoms with Crippen LogP contribution in [0.15, 0.2) is 12.4 Å². The Bertz CT molecular complexity index is 528. The molecule has 0 saturated carbocycles. The van der Waals surface area contributed by atoms with Crippen LogP contribution in [0.4, 0.5) is 5.95 Å². The average Bonchev–Trinajstić information content (AvgIpc) is 2.76. The van der Waals surface area contributed by atoms with Crippen LogP contribution in [-0.2, 0) is 6.54 Å². The Morgan fingerprint density at radius 3 is 2.89 bits per heavy atom. The van der Waals surface area contributed by atoms with E-state index in [0.717, 1.165) is 11.5 Å². The van der Waals surface area contributed by atoms with E-state index in [1.807, 2.05) is 13.8 Å². The Morgan fingerprint density at radius 1 is 1.39 bits per heavy atom. The number of aromatic nitrogens is 4. The molecule has 96 valence electrons. The number of rotatable bonds is 5. The molecule has 18 heavy (non-hydrogen) atoms. The van der Waals surface area contributed by atoms with Gasteiger partial charge in [0, 0.05) is 11.9 Å². The molecule has 0 bridgehead atoms. The van der Waals surface area contributed by atoms with Gasteiger partial charge in [0.2, 0.25) is 11.8 Å². The van der Waals surface area contributed by atoms with E-state index in [4.69, 9.17) is 16.3 Å². The third-order valence-electron chi connectivity index (χ3n) is 2.16. The van der Waals surface area contributed by atoms with E-state index >= 15 is 0 Å². The molecule has 0 fully saturated rings. The van der Waals surface area contributed by atoms with Crippen molar-refractivity contribution in [1.82, 2.24) is 19.9 Å². The monoisotopic (exact) mass is 267 g/mol. The van der Waals surface area contributed by atoms with Gasteiger partial charge in [-0.15, -0.1) is 0 Å². The van der Waals surface area contributed by atoms with Gasteiger partial charge in [-0.25, -0.2) is 9.97 Å². The number of nitrogens with zero attached hydrogens (tertiary/aromatic N) is 3. The minimum atomic E-state index is 0.382. The fourth-order valence-electron chi connectivity index (χ4n) is 1.39. The van der Waals surface area contributed by atoms with Crippen LogP contribution in [0.5, 0.6) is 5.88 Å². The molecule has 7 heteroatoms.